The Morgan fingerprint density at radius 2 is 1.47 bits per heavy atom. The minimum atomic E-state index is 0.0493. The van der Waals surface area contributed by atoms with Crippen LogP contribution in [0.1, 0.15) is 10.4 Å². The molecule has 1 aliphatic rings. The zero-order valence-corrected chi connectivity index (χ0v) is 17.3. The van der Waals surface area contributed by atoms with E-state index in [-0.39, 0.29) is 5.91 Å². The first-order valence-corrected chi connectivity index (χ1v) is 11.0. The average molecular weight is 415 g/mol. The number of aromatic nitrogens is 2. The van der Waals surface area contributed by atoms with E-state index in [1.54, 1.807) is 11.3 Å². The minimum absolute atomic E-state index is 0.0493. The van der Waals surface area contributed by atoms with E-state index >= 15 is 0 Å². The van der Waals surface area contributed by atoms with Gasteiger partial charge in [0.1, 0.15) is 5.69 Å². The molecule has 6 heteroatoms. The fraction of sp³-hybridized carbons (Fsp3) is 0.167. The van der Waals surface area contributed by atoms with E-state index in [1.165, 1.54) is 5.69 Å². The molecule has 0 atom stereocenters. The van der Waals surface area contributed by atoms with Crippen molar-refractivity contribution >= 4 is 22.9 Å². The first-order valence-electron chi connectivity index (χ1n) is 10.1. The molecule has 2 aromatic carbocycles. The summed E-state index contributed by atoms with van der Waals surface area (Å²) >= 11 is 1.61. The molecule has 1 aliphatic heterocycles. The van der Waals surface area contributed by atoms with Crippen molar-refractivity contribution in [3.8, 4) is 16.3 Å². The molecule has 5 nitrogen and oxygen atoms in total. The monoisotopic (exact) mass is 414 g/mol. The quantitative estimate of drug-likeness (QED) is 0.491. The summed E-state index contributed by atoms with van der Waals surface area (Å²) in [6.45, 7) is 3.07. The number of carbonyl (C=O) groups excluding carboxylic acids is 1. The molecule has 1 fully saturated rings. The second kappa shape index (κ2) is 8.16. The predicted molar refractivity (Wildman–Crippen MR) is 121 cm³/mol. The highest BCUT2D eigenvalue weighted by molar-refractivity contribution is 7.13. The number of piperazine rings is 1. The van der Waals surface area contributed by atoms with Crippen LogP contribution >= 0.6 is 11.3 Å². The number of amides is 1. The lowest BCUT2D eigenvalue weighted by Crippen LogP contribution is -2.48. The fourth-order valence-electron chi connectivity index (χ4n) is 3.82. The summed E-state index contributed by atoms with van der Waals surface area (Å²) in [6.07, 6.45) is 1.87. The van der Waals surface area contributed by atoms with Crippen LogP contribution in [0.3, 0.4) is 0 Å². The summed E-state index contributed by atoms with van der Waals surface area (Å²) in [7, 11) is 0. The Bertz CT molecular complexity index is 1110. The van der Waals surface area contributed by atoms with Crippen LogP contribution in [0.25, 0.3) is 16.3 Å². The predicted octanol–water partition coefficient (Wildman–Crippen LogP) is 4.56. The third kappa shape index (κ3) is 3.62. The van der Waals surface area contributed by atoms with E-state index < -0.39 is 0 Å². The van der Waals surface area contributed by atoms with Gasteiger partial charge in [0.15, 0.2) is 0 Å². The number of para-hydroxylation sites is 2. The Labute approximate surface area is 179 Å². The van der Waals surface area contributed by atoms with Crippen LogP contribution in [0.5, 0.6) is 0 Å². The first-order chi connectivity index (χ1) is 14.8. The van der Waals surface area contributed by atoms with Gasteiger partial charge in [0.05, 0.1) is 16.1 Å². The molecule has 5 rings (SSSR count). The zero-order valence-electron chi connectivity index (χ0n) is 16.5. The molecule has 30 heavy (non-hydrogen) atoms. The van der Waals surface area contributed by atoms with Gasteiger partial charge < -0.3 is 9.80 Å². The molecule has 150 valence electrons. The molecule has 0 unspecified atom stereocenters. The lowest BCUT2D eigenvalue weighted by atomic mass is 10.1. The van der Waals surface area contributed by atoms with E-state index in [9.17, 15) is 4.79 Å². The highest BCUT2D eigenvalue weighted by Gasteiger charge is 2.27. The van der Waals surface area contributed by atoms with Crippen LogP contribution in [0.4, 0.5) is 5.69 Å². The topological polar surface area (TPSA) is 41.4 Å². The highest BCUT2D eigenvalue weighted by atomic mass is 32.1. The Morgan fingerprint density at radius 1 is 0.800 bits per heavy atom. The molecule has 0 spiro atoms. The van der Waals surface area contributed by atoms with Crippen molar-refractivity contribution in [2.24, 2.45) is 0 Å². The molecular weight excluding hydrogens is 392 g/mol. The van der Waals surface area contributed by atoms with E-state index in [0.717, 1.165) is 29.3 Å². The van der Waals surface area contributed by atoms with Crippen LogP contribution in [-0.2, 0) is 0 Å². The molecule has 1 saturated heterocycles. The van der Waals surface area contributed by atoms with Crippen LogP contribution in [0.2, 0.25) is 0 Å². The number of nitrogens with zero attached hydrogens (tertiary/aromatic N) is 4. The van der Waals surface area contributed by atoms with Crippen LogP contribution in [-0.4, -0.2) is 46.8 Å². The maximum absolute atomic E-state index is 13.5. The van der Waals surface area contributed by atoms with E-state index in [4.69, 9.17) is 5.10 Å². The van der Waals surface area contributed by atoms with E-state index in [2.05, 4.69) is 29.2 Å². The summed E-state index contributed by atoms with van der Waals surface area (Å²) in [5, 5.41) is 6.79. The van der Waals surface area contributed by atoms with E-state index in [0.29, 0.717) is 18.7 Å². The van der Waals surface area contributed by atoms with Crippen molar-refractivity contribution in [3.63, 3.8) is 0 Å². The van der Waals surface area contributed by atoms with Crippen molar-refractivity contribution in [1.82, 2.24) is 14.7 Å². The molecule has 0 aliphatic carbocycles. The van der Waals surface area contributed by atoms with Gasteiger partial charge in [-0.25, -0.2) is 4.68 Å². The van der Waals surface area contributed by atoms with Gasteiger partial charge in [-0.3, -0.25) is 4.79 Å². The first kappa shape index (κ1) is 18.6. The van der Waals surface area contributed by atoms with Gasteiger partial charge in [-0.2, -0.15) is 5.10 Å². The summed E-state index contributed by atoms with van der Waals surface area (Å²) in [6, 6.07) is 24.3. The Hall–Kier alpha value is -3.38. The van der Waals surface area contributed by atoms with Gasteiger partial charge >= 0.3 is 0 Å². The standard InChI is InChI=1S/C24H22N4OS/c29-24(27-15-13-26(14-16-27)19-8-3-1-4-9-19)21-18-28(20-10-5-2-6-11-20)25-23(21)22-12-7-17-30-22/h1-12,17-18H,13-16H2. The number of hydrogen-bond acceptors (Lipinski definition) is 4. The Kier molecular flexibility index (Phi) is 5.07. The molecular formula is C24H22N4OS. The second-order valence-electron chi connectivity index (χ2n) is 7.26. The van der Waals surface area contributed by atoms with Crippen molar-refractivity contribution in [3.05, 3.63) is 89.9 Å². The molecule has 4 aromatic rings. The maximum Gasteiger partial charge on any atom is 0.257 e. The van der Waals surface area contributed by atoms with Crippen LogP contribution in [0.15, 0.2) is 84.4 Å². The average Bonchev–Trinajstić information content (AvgIpc) is 3.50. The van der Waals surface area contributed by atoms with Crippen LogP contribution in [0, 0.1) is 0 Å². The Morgan fingerprint density at radius 3 is 2.10 bits per heavy atom. The maximum atomic E-state index is 13.5. The van der Waals surface area contributed by atoms with E-state index in [1.807, 2.05) is 69.7 Å². The zero-order chi connectivity index (χ0) is 20.3. The van der Waals surface area contributed by atoms with Crippen molar-refractivity contribution in [1.29, 1.82) is 0 Å². The molecule has 1 amide bonds. The van der Waals surface area contributed by atoms with Crippen molar-refractivity contribution in [2.45, 2.75) is 0 Å². The van der Waals surface area contributed by atoms with Crippen molar-refractivity contribution in [2.75, 3.05) is 31.1 Å². The summed E-state index contributed by atoms with van der Waals surface area (Å²) < 4.78 is 1.81. The van der Waals surface area contributed by atoms with Gasteiger partial charge in [0.2, 0.25) is 0 Å². The summed E-state index contributed by atoms with van der Waals surface area (Å²) in [4.78, 5) is 18.8. The van der Waals surface area contributed by atoms with Crippen molar-refractivity contribution < 1.29 is 4.79 Å². The third-order valence-corrected chi connectivity index (χ3v) is 6.28. The molecule has 0 bridgehead atoms. The van der Waals surface area contributed by atoms with Gasteiger partial charge in [0, 0.05) is 38.1 Å². The Balaban J connectivity index is 1.41. The fourth-order valence-corrected chi connectivity index (χ4v) is 4.54. The van der Waals surface area contributed by atoms with Gasteiger partial charge in [-0.1, -0.05) is 42.5 Å². The molecule has 3 heterocycles. The molecule has 0 saturated carbocycles. The summed E-state index contributed by atoms with van der Waals surface area (Å²) in [5.74, 6) is 0.0493. The normalized spacial score (nSPS) is 14.1. The minimum Gasteiger partial charge on any atom is -0.368 e. The third-order valence-electron chi connectivity index (χ3n) is 5.41. The smallest absolute Gasteiger partial charge is 0.257 e. The van der Waals surface area contributed by atoms with Gasteiger partial charge in [-0.05, 0) is 35.7 Å². The molecule has 0 radical (unpaired) electrons. The number of benzene rings is 2. The number of anilines is 1. The number of carbonyl (C=O) groups is 1. The number of hydrogen-bond donors (Lipinski definition) is 0. The second-order valence-corrected chi connectivity index (χ2v) is 8.21. The van der Waals surface area contributed by atoms with Gasteiger partial charge in [0.25, 0.3) is 5.91 Å². The lowest BCUT2D eigenvalue weighted by molar-refractivity contribution is 0.0747. The molecule has 0 N–H and O–H groups in total. The largest absolute Gasteiger partial charge is 0.368 e. The highest BCUT2D eigenvalue weighted by Crippen LogP contribution is 2.29. The SMILES string of the molecule is O=C(c1cn(-c2ccccc2)nc1-c1cccs1)N1CCN(c2ccccc2)CC1. The molecule has 2 aromatic heterocycles. The van der Waals surface area contributed by atoms with Crippen LogP contribution < -0.4 is 4.90 Å². The van der Waals surface area contributed by atoms with Gasteiger partial charge in [-0.15, -0.1) is 11.3 Å². The number of thiophene rings is 1. The summed E-state index contributed by atoms with van der Waals surface area (Å²) in [5.41, 5.74) is 3.57. The lowest BCUT2D eigenvalue weighted by Gasteiger charge is -2.36. The number of rotatable bonds is 4.